The van der Waals surface area contributed by atoms with Crippen molar-refractivity contribution in [1.29, 1.82) is 0 Å². The third-order valence-electron chi connectivity index (χ3n) is 21.1. The van der Waals surface area contributed by atoms with E-state index in [2.05, 4.69) is 294 Å². The molecule has 0 aliphatic heterocycles. The Balaban J connectivity index is 0.000000141. The summed E-state index contributed by atoms with van der Waals surface area (Å²) in [6, 6.07) is 134. The zero-order valence-electron chi connectivity index (χ0n) is 60.2. The lowest BCUT2D eigenvalue weighted by Crippen LogP contribution is -2.00. The van der Waals surface area contributed by atoms with Crippen LogP contribution in [-0.2, 0) is 0 Å². The Hall–Kier alpha value is -14.5. The molecular weight excluding hydrogens is 1400 g/mol. The molecule has 0 spiro atoms. The summed E-state index contributed by atoms with van der Waals surface area (Å²) in [5, 5.41) is 9.86. The molecule has 14 aromatic carbocycles. The van der Waals surface area contributed by atoms with Gasteiger partial charge in [0.15, 0.2) is 23.3 Å². The van der Waals surface area contributed by atoms with Crippen LogP contribution in [0.5, 0.6) is 0 Å². The number of nitrogens with zero attached hydrogens (tertiary/aromatic N) is 9. The first-order valence-corrected chi connectivity index (χ1v) is 39.1. The molecule has 22 aromatic rings. The lowest BCUT2D eigenvalue weighted by Gasteiger charge is -2.11. The normalized spacial score (nSPS) is 11.6. The molecule has 0 saturated heterocycles. The molecule has 112 heavy (non-hydrogen) atoms. The van der Waals surface area contributed by atoms with Crippen molar-refractivity contribution < 1.29 is 0 Å². The summed E-state index contributed by atoms with van der Waals surface area (Å²) in [4.78, 5) is 38.1. The fourth-order valence-corrected chi connectivity index (χ4v) is 18.5. The minimum atomic E-state index is 0.635. The van der Waals surface area contributed by atoms with Gasteiger partial charge in [0.2, 0.25) is 0 Å². The van der Waals surface area contributed by atoms with Gasteiger partial charge in [0.05, 0.1) is 54.2 Å². The Morgan fingerprint density at radius 2 is 0.482 bits per heavy atom. The first-order chi connectivity index (χ1) is 55.5. The van der Waals surface area contributed by atoms with Crippen LogP contribution >= 0.6 is 22.7 Å². The average Bonchev–Trinajstić information content (AvgIpc) is 1.55. The lowest BCUT2D eigenvalue weighted by atomic mass is 9.98. The van der Waals surface area contributed by atoms with E-state index in [0.29, 0.717) is 23.3 Å². The van der Waals surface area contributed by atoms with Crippen LogP contribution in [0, 0.1) is 0 Å². The Bertz CT molecular complexity index is 6740. The zero-order chi connectivity index (χ0) is 74.0. The van der Waals surface area contributed by atoms with Gasteiger partial charge in [-0.2, -0.15) is 0 Å². The minimum absolute atomic E-state index is 0.635. The molecule has 22 rings (SSSR count). The molecule has 0 saturated carbocycles. The Morgan fingerprint density at radius 1 is 0.196 bits per heavy atom. The molecule has 0 aliphatic rings. The summed E-state index contributed by atoms with van der Waals surface area (Å²) >= 11 is 3.66. The number of hydrogen-bond acceptors (Lipinski definition) is 9. The maximum absolute atomic E-state index is 5.44. The van der Waals surface area contributed by atoms with Gasteiger partial charge in [-0.05, 0) is 76.9 Å². The summed E-state index contributed by atoms with van der Waals surface area (Å²) in [6.07, 6.45) is 0. The first-order valence-electron chi connectivity index (χ1n) is 37.4. The highest BCUT2D eigenvalue weighted by Gasteiger charge is 2.26. The van der Waals surface area contributed by atoms with Gasteiger partial charge in [-0.3, -0.25) is 0 Å². The highest BCUT2D eigenvalue weighted by Crippen LogP contribution is 2.51. The first kappa shape index (κ1) is 65.8. The number of pyridine rings is 2. The maximum Gasteiger partial charge on any atom is 0.164 e. The fourth-order valence-electron chi connectivity index (χ4n) is 15.8. The van der Waals surface area contributed by atoms with Gasteiger partial charge < -0.3 is 9.13 Å². The van der Waals surface area contributed by atoms with Crippen molar-refractivity contribution in [2.75, 3.05) is 0 Å². The molecule has 0 unspecified atom stereocenters. The van der Waals surface area contributed by atoms with E-state index in [1.54, 1.807) is 0 Å². The van der Waals surface area contributed by atoms with Gasteiger partial charge in [0.25, 0.3) is 0 Å². The smallest absolute Gasteiger partial charge is 0.164 e. The largest absolute Gasteiger partial charge is 0.301 e. The molecule has 0 fully saturated rings. The van der Waals surface area contributed by atoms with E-state index in [0.717, 1.165) is 123 Å². The molecule has 0 atom stereocenters. The predicted octanol–water partition coefficient (Wildman–Crippen LogP) is 26.7. The third kappa shape index (κ3) is 11.7. The maximum atomic E-state index is 5.44. The molecule has 0 amide bonds. The highest BCUT2D eigenvalue weighted by atomic mass is 32.1. The number of aromatic nitrogens is 9. The van der Waals surface area contributed by atoms with Gasteiger partial charge in [0, 0.05) is 99.0 Å². The van der Waals surface area contributed by atoms with Crippen LogP contribution in [0.2, 0.25) is 0 Å². The van der Waals surface area contributed by atoms with Crippen molar-refractivity contribution in [2.24, 2.45) is 0 Å². The molecular formula is C101H63N9S2. The van der Waals surface area contributed by atoms with Crippen molar-refractivity contribution in [3.63, 3.8) is 0 Å². The molecule has 0 bridgehead atoms. The van der Waals surface area contributed by atoms with E-state index in [1.807, 2.05) is 120 Å². The fraction of sp³-hybridized carbons (Fsp3) is 0. The van der Waals surface area contributed by atoms with Gasteiger partial charge in [-0.15, -0.1) is 22.7 Å². The molecule has 9 nitrogen and oxygen atoms in total. The van der Waals surface area contributed by atoms with E-state index in [9.17, 15) is 0 Å². The molecule has 8 aromatic heterocycles. The molecule has 8 heterocycles. The number of hydrogen-bond donors (Lipinski definition) is 0. The Labute approximate surface area is 652 Å². The monoisotopic (exact) mass is 1470 g/mol. The Morgan fingerprint density at radius 3 is 0.866 bits per heavy atom. The topological polar surface area (TPSA) is 100 Å². The number of benzene rings is 14. The van der Waals surface area contributed by atoms with Crippen LogP contribution in [0.15, 0.2) is 382 Å². The average molecular weight is 1470 g/mol. The van der Waals surface area contributed by atoms with E-state index in [-0.39, 0.29) is 0 Å². The van der Waals surface area contributed by atoms with Crippen molar-refractivity contribution >= 4 is 107 Å². The number of fused-ring (bicyclic) bond motifs is 14. The van der Waals surface area contributed by atoms with E-state index in [4.69, 9.17) is 34.9 Å². The van der Waals surface area contributed by atoms with E-state index >= 15 is 0 Å². The number of rotatable bonds is 12. The lowest BCUT2D eigenvalue weighted by molar-refractivity contribution is 1.07. The second-order valence-electron chi connectivity index (χ2n) is 27.9. The van der Waals surface area contributed by atoms with Crippen molar-refractivity contribution in [3.05, 3.63) is 382 Å². The molecule has 0 N–H and O–H groups in total. The SMILES string of the molecule is c1ccc(-c2cc(-c3ccc(-c4ccc5c(c4)nc(-c4ccccc4)c4sc6c(c7ccccc7n6-c6ccccc6)c45)cc3)nc(-c3ccccc3)n2)cc1.c1ccc(-c2nc(-c3ccccc3)nc(-c3ccc(-c4ccc5c(c4)nc(-c4ccccc4)c4sc6c(c7ccccc7n6-c6ccccc6)c45)cc3)n2)cc1. The summed E-state index contributed by atoms with van der Waals surface area (Å²) in [7, 11) is 0. The standard InChI is InChI=1S/C51H32N4S.C50H31N5S/c1-5-15-34(16-6-1)42-32-43(54-50(53-42)37-19-9-3-10-20-37)35-27-25-33(26-28-35)38-29-30-40-44(31-38)52-48(36-17-7-2-8-18-36)49-46(40)47-41-23-13-14-24-45(41)55(51(47)56-49)39-21-11-4-12-22-39;1-5-15-33(16-6-1)45-46-43(44-40-23-13-14-24-42(40)55(50(44)56-46)38-21-11-4-12-22-38)39-30-29-37(31-41(39)51-45)32-25-27-36(28-26-32)49-53-47(34-17-7-2-8-18-34)52-48(54-49)35-19-9-3-10-20-35/h1-32H;1-31H. The third-order valence-corrected chi connectivity index (χ3v) is 23.4. The van der Waals surface area contributed by atoms with Crippen LogP contribution in [-0.4, -0.2) is 44.0 Å². The molecule has 11 heteroatoms. The quantitative estimate of drug-likeness (QED) is 0.120. The highest BCUT2D eigenvalue weighted by molar-refractivity contribution is 7.27. The van der Waals surface area contributed by atoms with E-state index in [1.165, 1.54) is 62.4 Å². The van der Waals surface area contributed by atoms with Crippen LogP contribution in [0.1, 0.15) is 0 Å². The summed E-state index contributed by atoms with van der Waals surface area (Å²) in [5.41, 5.74) is 23.0. The summed E-state index contributed by atoms with van der Waals surface area (Å²) in [6.45, 7) is 0. The zero-order valence-corrected chi connectivity index (χ0v) is 61.8. The van der Waals surface area contributed by atoms with Crippen LogP contribution < -0.4 is 0 Å². The second-order valence-corrected chi connectivity index (χ2v) is 29.9. The van der Waals surface area contributed by atoms with Gasteiger partial charge in [-0.25, -0.2) is 34.9 Å². The van der Waals surface area contributed by atoms with Crippen LogP contribution in [0.4, 0.5) is 0 Å². The second kappa shape index (κ2) is 27.9. The van der Waals surface area contributed by atoms with Gasteiger partial charge >= 0.3 is 0 Å². The minimum Gasteiger partial charge on any atom is -0.301 e. The van der Waals surface area contributed by atoms with E-state index < -0.39 is 0 Å². The number of para-hydroxylation sites is 4. The molecule has 524 valence electrons. The van der Waals surface area contributed by atoms with Crippen molar-refractivity contribution in [3.8, 4) is 124 Å². The number of thiophene rings is 2. The van der Waals surface area contributed by atoms with Gasteiger partial charge in [0.1, 0.15) is 9.66 Å². The summed E-state index contributed by atoms with van der Waals surface area (Å²) < 4.78 is 7.22. The molecule has 0 radical (unpaired) electrons. The van der Waals surface area contributed by atoms with Crippen LogP contribution in [0.25, 0.3) is 208 Å². The summed E-state index contributed by atoms with van der Waals surface area (Å²) in [5.74, 6) is 2.64. The van der Waals surface area contributed by atoms with Crippen LogP contribution in [0.3, 0.4) is 0 Å². The predicted molar refractivity (Wildman–Crippen MR) is 466 cm³/mol. The van der Waals surface area contributed by atoms with Gasteiger partial charge in [-0.1, -0.05) is 328 Å². The molecule has 0 aliphatic carbocycles. The Kier molecular flexibility index (Phi) is 16.4. The van der Waals surface area contributed by atoms with Crippen molar-refractivity contribution in [2.45, 2.75) is 0 Å². The van der Waals surface area contributed by atoms with Crippen molar-refractivity contribution in [1.82, 2.24) is 44.0 Å².